The third-order valence-corrected chi connectivity index (χ3v) is 3.28. The van der Waals surface area contributed by atoms with E-state index in [0.717, 1.165) is 0 Å². The minimum absolute atomic E-state index is 0.305. The molecular weight excluding hydrogens is 182 g/mol. The van der Waals surface area contributed by atoms with Crippen LogP contribution in [0, 0.1) is 0 Å². The van der Waals surface area contributed by atoms with Crippen LogP contribution >= 0.6 is 0 Å². The van der Waals surface area contributed by atoms with Crippen molar-refractivity contribution in [1.82, 2.24) is 0 Å². The largest absolute Gasteiger partial charge is 0.380 e. The summed E-state index contributed by atoms with van der Waals surface area (Å²) in [5.74, 6) is 0. The highest BCUT2D eigenvalue weighted by Gasteiger charge is 2.27. The highest BCUT2D eigenvalue weighted by Crippen LogP contribution is 2.32. The molecule has 0 aromatic heterocycles. The average molecular weight is 201 g/mol. The third-order valence-electron chi connectivity index (χ3n) is 3.28. The van der Waals surface area contributed by atoms with Crippen molar-refractivity contribution in [3.63, 3.8) is 0 Å². The van der Waals surface area contributed by atoms with Gasteiger partial charge in [-0.1, -0.05) is 37.6 Å². The molecule has 1 aliphatic rings. The molecule has 0 unspecified atom stereocenters. The number of benzene rings is 1. The highest BCUT2D eigenvalue weighted by molar-refractivity contribution is 5.56. The molecule has 0 bridgehead atoms. The SMILES string of the molecule is C=Cc1cccc(NC2(C)CCCC2)c1. The summed E-state index contributed by atoms with van der Waals surface area (Å²) < 4.78 is 0. The Balaban J connectivity index is 2.12. The zero-order chi connectivity index (χ0) is 10.7. The summed E-state index contributed by atoms with van der Waals surface area (Å²) in [6.45, 7) is 6.11. The maximum Gasteiger partial charge on any atom is 0.0350 e. The maximum atomic E-state index is 3.79. The van der Waals surface area contributed by atoms with Crippen LogP contribution in [0.15, 0.2) is 30.8 Å². The van der Waals surface area contributed by atoms with Gasteiger partial charge >= 0.3 is 0 Å². The molecule has 0 saturated heterocycles. The van der Waals surface area contributed by atoms with Crippen LogP contribution in [-0.2, 0) is 0 Å². The van der Waals surface area contributed by atoms with E-state index in [1.54, 1.807) is 0 Å². The summed E-state index contributed by atoms with van der Waals surface area (Å²) in [6.07, 6.45) is 7.16. The van der Waals surface area contributed by atoms with Crippen molar-refractivity contribution in [1.29, 1.82) is 0 Å². The molecule has 0 radical (unpaired) electrons. The zero-order valence-corrected chi connectivity index (χ0v) is 9.42. The Morgan fingerprint density at radius 3 is 2.73 bits per heavy atom. The van der Waals surface area contributed by atoms with E-state index in [-0.39, 0.29) is 0 Å². The first-order valence-electron chi connectivity index (χ1n) is 5.73. The van der Waals surface area contributed by atoms with E-state index in [4.69, 9.17) is 0 Å². The van der Waals surface area contributed by atoms with Crippen LogP contribution in [0.3, 0.4) is 0 Å². The van der Waals surface area contributed by atoms with E-state index in [1.165, 1.54) is 36.9 Å². The number of nitrogens with one attached hydrogen (secondary N) is 1. The fourth-order valence-corrected chi connectivity index (χ4v) is 2.37. The standard InChI is InChI=1S/C14H19N/c1-3-12-7-6-8-13(11-12)15-14(2)9-4-5-10-14/h3,6-8,11,15H,1,4-5,9-10H2,2H3. The summed E-state index contributed by atoms with van der Waals surface area (Å²) >= 11 is 0. The van der Waals surface area contributed by atoms with Gasteiger partial charge in [-0.2, -0.15) is 0 Å². The number of hydrogen-bond donors (Lipinski definition) is 1. The molecule has 0 amide bonds. The van der Waals surface area contributed by atoms with Crippen LogP contribution in [-0.4, -0.2) is 5.54 Å². The first kappa shape index (κ1) is 10.3. The molecular formula is C14H19N. The Kier molecular flexibility index (Phi) is 2.81. The summed E-state index contributed by atoms with van der Waals surface area (Å²) in [7, 11) is 0. The third kappa shape index (κ3) is 2.41. The van der Waals surface area contributed by atoms with Gasteiger partial charge in [0.1, 0.15) is 0 Å². The molecule has 2 rings (SSSR count). The minimum atomic E-state index is 0.305. The lowest BCUT2D eigenvalue weighted by Gasteiger charge is -2.26. The average Bonchev–Trinajstić information content (AvgIpc) is 2.65. The first-order chi connectivity index (χ1) is 7.22. The lowest BCUT2D eigenvalue weighted by molar-refractivity contribution is 0.533. The van der Waals surface area contributed by atoms with Gasteiger partial charge in [-0.25, -0.2) is 0 Å². The van der Waals surface area contributed by atoms with Crippen molar-refractivity contribution in [3.8, 4) is 0 Å². The lowest BCUT2D eigenvalue weighted by atomic mass is 10.00. The molecule has 1 saturated carbocycles. The van der Waals surface area contributed by atoms with Crippen molar-refractivity contribution in [2.24, 2.45) is 0 Å². The summed E-state index contributed by atoms with van der Waals surface area (Å²) in [4.78, 5) is 0. The van der Waals surface area contributed by atoms with E-state index >= 15 is 0 Å². The van der Waals surface area contributed by atoms with Crippen molar-refractivity contribution in [2.75, 3.05) is 5.32 Å². The van der Waals surface area contributed by atoms with Crippen molar-refractivity contribution in [2.45, 2.75) is 38.1 Å². The molecule has 0 aliphatic heterocycles. The number of anilines is 1. The van der Waals surface area contributed by atoms with Crippen LogP contribution in [0.5, 0.6) is 0 Å². The van der Waals surface area contributed by atoms with E-state index in [2.05, 4.69) is 43.1 Å². The second-order valence-corrected chi connectivity index (χ2v) is 4.72. The normalized spacial score (nSPS) is 18.7. The quantitative estimate of drug-likeness (QED) is 0.777. The zero-order valence-electron chi connectivity index (χ0n) is 9.42. The molecule has 0 heterocycles. The number of hydrogen-bond acceptors (Lipinski definition) is 1. The van der Waals surface area contributed by atoms with Gasteiger partial charge < -0.3 is 5.32 Å². The fraction of sp³-hybridized carbons (Fsp3) is 0.429. The van der Waals surface area contributed by atoms with E-state index in [0.29, 0.717) is 5.54 Å². The van der Waals surface area contributed by atoms with Gasteiger partial charge in [0.25, 0.3) is 0 Å². The molecule has 0 spiro atoms. The Labute approximate surface area is 92.2 Å². The summed E-state index contributed by atoms with van der Waals surface area (Å²) in [5.41, 5.74) is 2.71. The Bertz CT molecular complexity index is 348. The lowest BCUT2D eigenvalue weighted by Crippen LogP contribution is -2.30. The maximum absolute atomic E-state index is 3.79. The van der Waals surface area contributed by atoms with Crippen molar-refractivity contribution in [3.05, 3.63) is 36.4 Å². The molecule has 1 nitrogen and oxygen atoms in total. The fourth-order valence-electron chi connectivity index (χ4n) is 2.37. The molecule has 15 heavy (non-hydrogen) atoms. The van der Waals surface area contributed by atoms with Crippen LogP contribution < -0.4 is 5.32 Å². The minimum Gasteiger partial charge on any atom is -0.380 e. The Hall–Kier alpha value is -1.24. The Morgan fingerprint density at radius 2 is 2.07 bits per heavy atom. The van der Waals surface area contributed by atoms with Gasteiger partial charge in [-0.05, 0) is 37.5 Å². The van der Waals surface area contributed by atoms with Crippen LogP contribution in [0.4, 0.5) is 5.69 Å². The molecule has 1 aromatic carbocycles. The summed E-state index contributed by atoms with van der Waals surface area (Å²) in [5, 5.41) is 3.64. The van der Waals surface area contributed by atoms with Gasteiger partial charge in [0.15, 0.2) is 0 Å². The van der Waals surface area contributed by atoms with Gasteiger partial charge in [-0.3, -0.25) is 0 Å². The van der Waals surface area contributed by atoms with Crippen LogP contribution in [0.1, 0.15) is 38.2 Å². The van der Waals surface area contributed by atoms with E-state index in [9.17, 15) is 0 Å². The molecule has 1 aromatic rings. The molecule has 1 aliphatic carbocycles. The van der Waals surface area contributed by atoms with Crippen LogP contribution in [0.25, 0.3) is 6.08 Å². The molecule has 1 fully saturated rings. The second-order valence-electron chi connectivity index (χ2n) is 4.72. The topological polar surface area (TPSA) is 12.0 Å². The predicted molar refractivity (Wildman–Crippen MR) is 67.0 cm³/mol. The molecule has 80 valence electrons. The Morgan fingerprint density at radius 1 is 1.33 bits per heavy atom. The summed E-state index contributed by atoms with van der Waals surface area (Å²) in [6, 6.07) is 8.46. The first-order valence-corrected chi connectivity index (χ1v) is 5.73. The van der Waals surface area contributed by atoms with Crippen LogP contribution in [0.2, 0.25) is 0 Å². The monoisotopic (exact) mass is 201 g/mol. The van der Waals surface area contributed by atoms with Gasteiger partial charge in [-0.15, -0.1) is 0 Å². The molecule has 1 heteroatoms. The molecule has 0 atom stereocenters. The smallest absolute Gasteiger partial charge is 0.0350 e. The van der Waals surface area contributed by atoms with E-state index in [1.807, 2.05) is 6.08 Å². The second kappa shape index (κ2) is 4.09. The van der Waals surface area contributed by atoms with Gasteiger partial charge in [0.2, 0.25) is 0 Å². The molecule has 1 N–H and O–H groups in total. The van der Waals surface area contributed by atoms with E-state index < -0.39 is 0 Å². The highest BCUT2D eigenvalue weighted by atomic mass is 15.0. The van der Waals surface area contributed by atoms with Gasteiger partial charge in [0, 0.05) is 11.2 Å². The van der Waals surface area contributed by atoms with Gasteiger partial charge in [0.05, 0.1) is 0 Å². The van der Waals surface area contributed by atoms with Crippen molar-refractivity contribution < 1.29 is 0 Å². The predicted octanol–water partition coefficient (Wildman–Crippen LogP) is 4.07. The van der Waals surface area contributed by atoms with Crippen molar-refractivity contribution >= 4 is 11.8 Å². The number of rotatable bonds is 3.